The van der Waals surface area contributed by atoms with Gasteiger partial charge in [0.25, 0.3) is 5.91 Å². The Bertz CT molecular complexity index is 773. The molecule has 3 rings (SSSR count). The second-order valence-corrected chi connectivity index (χ2v) is 7.81. The van der Waals surface area contributed by atoms with Crippen LogP contribution >= 0.6 is 0 Å². The number of halogens is 3. The normalized spacial score (nSPS) is 22.4. The van der Waals surface area contributed by atoms with Crippen molar-refractivity contribution in [1.82, 2.24) is 9.21 Å². The fourth-order valence-corrected chi connectivity index (χ4v) is 4.45. The van der Waals surface area contributed by atoms with Crippen LogP contribution in [-0.2, 0) is 19.6 Å². The van der Waals surface area contributed by atoms with Gasteiger partial charge in [0, 0.05) is 32.8 Å². The van der Waals surface area contributed by atoms with Crippen molar-refractivity contribution in [3.63, 3.8) is 0 Å². The van der Waals surface area contributed by atoms with Crippen LogP contribution in [0.15, 0.2) is 17.0 Å². The SMILES string of the molecule is O=C([C@H]1CCCO1)N1CCN(S(=O)(=O)c2ccc(F)c(F)c2F)CC1. The number of hydrogen-bond donors (Lipinski definition) is 0. The minimum Gasteiger partial charge on any atom is -0.368 e. The number of carbonyl (C=O) groups is 1. The molecular formula is C15H17F3N2O4S. The van der Waals surface area contributed by atoms with E-state index >= 15 is 0 Å². The predicted molar refractivity (Wildman–Crippen MR) is 80.6 cm³/mol. The second kappa shape index (κ2) is 6.93. The lowest BCUT2D eigenvalue weighted by atomic mass is 10.2. The molecule has 0 aromatic heterocycles. The van der Waals surface area contributed by atoms with Gasteiger partial charge in [-0.05, 0) is 25.0 Å². The van der Waals surface area contributed by atoms with Crippen LogP contribution < -0.4 is 0 Å². The Balaban J connectivity index is 1.71. The summed E-state index contributed by atoms with van der Waals surface area (Å²) in [6, 6.07) is 1.27. The smallest absolute Gasteiger partial charge is 0.251 e. The first kappa shape index (κ1) is 18.2. The highest BCUT2D eigenvalue weighted by Gasteiger charge is 2.35. The van der Waals surface area contributed by atoms with Crippen molar-refractivity contribution in [3.05, 3.63) is 29.6 Å². The number of hydrogen-bond acceptors (Lipinski definition) is 4. The zero-order valence-corrected chi connectivity index (χ0v) is 14.1. The maximum atomic E-state index is 13.8. The Morgan fingerprint density at radius 3 is 2.36 bits per heavy atom. The van der Waals surface area contributed by atoms with E-state index < -0.39 is 38.5 Å². The van der Waals surface area contributed by atoms with Crippen molar-refractivity contribution >= 4 is 15.9 Å². The van der Waals surface area contributed by atoms with Crippen molar-refractivity contribution < 1.29 is 31.1 Å². The lowest BCUT2D eigenvalue weighted by Crippen LogP contribution is -2.52. The van der Waals surface area contributed by atoms with E-state index in [2.05, 4.69) is 0 Å². The third kappa shape index (κ3) is 3.38. The van der Waals surface area contributed by atoms with Crippen molar-refractivity contribution in [2.24, 2.45) is 0 Å². The monoisotopic (exact) mass is 378 g/mol. The Morgan fingerprint density at radius 1 is 1.08 bits per heavy atom. The number of carbonyl (C=O) groups excluding carboxylic acids is 1. The minimum atomic E-state index is -4.32. The Hall–Kier alpha value is -1.65. The summed E-state index contributed by atoms with van der Waals surface area (Å²) in [4.78, 5) is 12.8. The molecule has 1 atom stereocenters. The summed E-state index contributed by atoms with van der Waals surface area (Å²) in [5.41, 5.74) is 0. The molecule has 138 valence electrons. The zero-order chi connectivity index (χ0) is 18.2. The van der Waals surface area contributed by atoms with Crippen LogP contribution in [0.5, 0.6) is 0 Å². The third-order valence-corrected chi connectivity index (χ3v) is 6.29. The zero-order valence-electron chi connectivity index (χ0n) is 13.3. The lowest BCUT2D eigenvalue weighted by Gasteiger charge is -2.35. The summed E-state index contributed by atoms with van der Waals surface area (Å²) in [6.45, 7) is 0.672. The molecule has 2 aliphatic rings. The maximum absolute atomic E-state index is 13.8. The van der Waals surface area contributed by atoms with E-state index in [9.17, 15) is 26.4 Å². The second-order valence-electron chi connectivity index (χ2n) is 5.90. The summed E-state index contributed by atoms with van der Waals surface area (Å²) in [6.07, 6.45) is 0.948. The van der Waals surface area contributed by atoms with Crippen molar-refractivity contribution in [2.45, 2.75) is 23.8 Å². The molecule has 0 saturated carbocycles. The number of rotatable bonds is 3. The van der Waals surface area contributed by atoms with E-state index in [0.29, 0.717) is 25.2 Å². The fourth-order valence-electron chi connectivity index (χ4n) is 2.97. The summed E-state index contributed by atoms with van der Waals surface area (Å²) >= 11 is 0. The van der Waals surface area contributed by atoms with E-state index in [1.807, 2.05) is 0 Å². The topological polar surface area (TPSA) is 66.9 Å². The van der Waals surface area contributed by atoms with Crippen LogP contribution in [0.4, 0.5) is 13.2 Å². The molecule has 10 heteroatoms. The minimum absolute atomic E-state index is 0.0563. The van der Waals surface area contributed by atoms with Crippen LogP contribution in [-0.4, -0.2) is 62.4 Å². The third-order valence-electron chi connectivity index (χ3n) is 4.37. The average molecular weight is 378 g/mol. The van der Waals surface area contributed by atoms with E-state index in [4.69, 9.17) is 4.74 Å². The summed E-state index contributed by atoms with van der Waals surface area (Å²) in [5.74, 6) is -5.21. The number of ether oxygens (including phenoxy) is 1. The largest absolute Gasteiger partial charge is 0.368 e. The van der Waals surface area contributed by atoms with Crippen LogP contribution in [0.2, 0.25) is 0 Å². The molecule has 2 fully saturated rings. The number of sulfonamides is 1. The van der Waals surface area contributed by atoms with Crippen LogP contribution in [0.3, 0.4) is 0 Å². The highest BCUT2D eigenvalue weighted by atomic mass is 32.2. The van der Waals surface area contributed by atoms with Crippen LogP contribution in [0.1, 0.15) is 12.8 Å². The summed E-state index contributed by atoms with van der Waals surface area (Å²) in [5, 5.41) is 0. The molecule has 1 aromatic rings. The molecule has 0 spiro atoms. The lowest BCUT2D eigenvalue weighted by molar-refractivity contribution is -0.142. The van der Waals surface area contributed by atoms with E-state index in [1.54, 1.807) is 0 Å². The first-order valence-corrected chi connectivity index (χ1v) is 9.30. The van der Waals surface area contributed by atoms with E-state index in [0.717, 1.165) is 10.7 Å². The number of nitrogens with zero attached hydrogens (tertiary/aromatic N) is 2. The maximum Gasteiger partial charge on any atom is 0.251 e. The molecule has 2 aliphatic heterocycles. The van der Waals surface area contributed by atoms with Crippen LogP contribution in [0, 0.1) is 17.5 Å². The Labute approximate surface area is 143 Å². The van der Waals surface area contributed by atoms with E-state index in [1.165, 1.54) is 4.90 Å². The highest BCUT2D eigenvalue weighted by molar-refractivity contribution is 7.89. The van der Waals surface area contributed by atoms with Gasteiger partial charge in [-0.15, -0.1) is 0 Å². The molecule has 2 saturated heterocycles. The number of piperazine rings is 1. The molecule has 2 heterocycles. The molecule has 0 unspecified atom stereocenters. The van der Waals surface area contributed by atoms with Crippen LogP contribution in [0.25, 0.3) is 0 Å². The number of benzene rings is 1. The summed E-state index contributed by atoms with van der Waals surface area (Å²) < 4.78 is 71.4. The van der Waals surface area contributed by atoms with Gasteiger partial charge in [-0.25, -0.2) is 21.6 Å². The summed E-state index contributed by atoms with van der Waals surface area (Å²) in [7, 11) is -4.32. The van der Waals surface area contributed by atoms with Gasteiger partial charge in [0.15, 0.2) is 17.5 Å². The quantitative estimate of drug-likeness (QED) is 0.740. The average Bonchev–Trinajstić information content (AvgIpc) is 3.13. The first-order valence-electron chi connectivity index (χ1n) is 7.86. The molecule has 0 bridgehead atoms. The number of amides is 1. The van der Waals surface area contributed by atoms with Gasteiger partial charge in [0.2, 0.25) is 10.0 Å². The molecule has 0 radical (unpaired) electrons. The van der Waals surface area contributed by atoms with Gasteiger partial charge in [0.1, 0.15) is 11.0 Å². The highest BCUT2D eigenvalue weighted by Crippen LogP contribution is 2.24. The van der Waals surface area contributed by atoms with Crippen molar-refractivity contribution in [1.29, 1.82) is 0 Å². The van der Waals surface area contributed by atoms with Gasteiger partial charge in [-0.1, -0.05) is 0 Å². The molecule has 1 amide bonds. The predicted octanol–water partition coefficient (Wildman–Crippen LogP) is 1.12. The fraction of sp³-hybridized carbons (Fsp3) is 0.533. The Kier molecular flexibility index (Phi) is 5.03. The van der Waals surface area contributed by atoms with Crippen molar-refractivity contribution in [2.75, 3.05) is 32.8 Å². The molecular weight excluding hydrogens is 361 g/mol. The molecule has 1 aromatic carbocycles. The van der Waals surface area contributed by atoms with E-state index in [-0.39, 0.29) is 32.1 Å². The van der Waals surface area contributed by atoms with Gasteiger partial charge in [-0.3, -0.25) is 4.79 Å². The van der Waals surface area contributed by atoms with Gasteiger partial charge in [0.05, 0.1) is 0 Å². The first-order chi connectivity index (χ1) is 11.8. The Morgan fingerprint density at radius 2 is 1.76 bits per heavy atom. The molecule has 6 nitrogen and oxygen atoms in total. The van der Waals surface area contributed by atoms with Gasteiger partial charge < -0.3 is 9.64 Å². The molecule has 25 heavy (non-hydrogen) atoms. The molecule has 0 N–H and O–H groups in total. The van der Waals surface area contributed by atoms with Crippen molar-refractivity contribution in [3.8, 4) is 0 Å². The molecule has 0 aliphatic carbocycles. The standard InChI is InChI=1S/C15H17F3N2O4S/c16-10-3-4-12(14(18)13(10)17)25(22,23)20-7-5-19(6-8-20)15(21)11-2-1-9-24-11/h3-4,11H,1-2,5-9H2/t11-/m1/s1. The van der Waals surface area contributed by atoms with Gasteiger partial charge in [-0.2, -0.15) is 4.31 Å². The van der Waals surface area contributed by atoms with Gasteiger partial charge >= 0.3 is 0 Å².